The Kier molecular flexibility index (Phi) is 5.67. The van der Waals surface area contributed by atoms with Gasteiger partial charge in [-0.2, -0.15) is 0 Å². The minimum atomic E-state index is -3.17. The third kappa shape index (κ3) is 6.08. The molecule has 3 N–H and O–H groups in total. The first-order valence-electron chi connectivity index (χ1n) is 6.00. The number of hydrogen-bond acceptors (Lipinski definition) is 6. The van der Waals surface area contributed by atoms with E-state index in [1.807, 2.05) is 0 Å². The summed E-state index contributed by atoms with van der Waals surface area (Å²) in [6.07, 6.45) is 1.09. The molecule has 1 aromatic heterocycles. The van der Waals surface area contributed by atoms with Gasteiger partial charge in [0.15, 0.2) is 0 Å². The molecule has 0 aliphatic carbocycles. The Labute approximate surface area is 126 Å². The number of carboxylic acid groups (broad SMARTS) is 1. The van der Waals surface area contributed by atoms with Gasteiger partial charge in [0.1, 0.15) is 19.7 Å². The Bertz CT molecular complexity index is 638. The van der Waals surface area contributed by atoms with Gasteiger partial charge in [-0.05, 0) is 13.8 Å². The summed E-state index contributed by atoms with van der Waals surface area (Å²) >= 11 is 0.989. The first-order chi connectivity index (χ1) is 9.58. The molecule has 0 radical (unpaired) electrons. The maximum atomic E-state index is 11.6. The zero-order valence-corrected chi connectivity index (χ0v) is 13.5. The summed E-state index contributed by atoms with van der Waals surface area (Å²) in [5.41, 5.74) is 0.398. The zero-order valence-electron chi connectivity index (χ0n) is 11.8. The second-order valence-electron chi connectivity index (χ2n) is 4.65. The van der Waals surface area contributed by atoms with Gasteiger partial charge in [0.2, 0.25) is 0 Å². The summed E-state index contributed by atoms with van der Waals surface area (Å²) < 4.78 is 22.1. The molecule has 0 aromatic carbocycles. The number of sulfone groups is 1. The second kappa shape index (κ2) is 6.85. The van der Waals surface area contributed by atoms with Crippen molar-refractivity contribution in [3.63, 3.8) is 0 Å². The highest BCUT2D eigenvalue weighted by atomic mass is 32.2. The van der Waals surface area contributed by atoms with Crippen LogP contribution < -0.4 is 10.6 Å². The van der Waals surface area contributed by atoms with E-state index in [1.54, 1.807) is 13.8 Å². The van der Waals surface area contributed by atoms with Crippen molar-refractivity contribution < 1.29 is 23.1 Å². The molecular weight excluding hydrogens is 318 g/mol. The number of carbonyl (C=O) groups is 2. The summed E-state index contributed by atoms with van der Waals surface area (Å²) in [5.74, 6) is -1.21. The van der Waals surface area contributed by atoms with Crippen LogP contribution in [0.1, 0.15) is 27.3 Å². The molecule has 0 aliphatic heterocycles. The molecule has 8 nitrogen and oxygen atoms in total. The molecule has 0 aliphatic rings. The lowest BCUT2D eigenvalue weighted by Gasteiger charge is -2.13. The van der Waals surface area contributed by atoms with E-state index in [0.717, 1.165) is 17.6 Å². The fourth-order valence-corrected chi connectivity index (χ4v) is 3.49. The summed E-state index contributed by atoms with van der Waals surface area (Å²) in [6.45, 7) is 3.24. The number of carboxylic acids is 1. The molecule has 0 saturated carbocycles. The normalized spacial score (nSPS) is 12.7. The lowest BCUT2D eigenvalue weighted by molar-refractivity contribution is 0.0701. The average molecular weight is 335 g/mol. The van der Waals surface area contributed by atoms with Gasteiger partial charge in [0, 0.05) is 12.3 Å². The number of aryl methyl sites for hydroxylation is 1. The van der Waals surface area contributed by atoms with Crippen molar-refractivity contribution in [1.29, 1.82) is 0 Å². The molecular formula is C11H17N3O5S2. The number of carbonyl (C=O) groups excluding carboxylic acids is 1. The number of hydrogen-bond donors (Lipinski definition) is 3. The Balaban J connectivity index is 2.50. The second-order valence-corrected chi connectivity index (χ2v) is 7.92. The predicted molar refractivity (Wildman–Crippen MR) is 78.4 cm³/mol. The topological polar surface area (TPSA) is 125 Å². The summed E-state index contributed by atoms with van der Waals surface area (Å²) in [7, 11) is -3.17. The van der Waals surface area contributed by atoms with Crippen LogP contribution in [0.3, 0.4) is 0 Å². The smallest absolute Gasteiger partial charge is 0.347 e. The molecule has 1 aromatic rings. The van der Waals surface area contributed by atoms with Crippen LogP contribution in [0.2, 0.25) is 0 Å². The monoisotopic (exact) mass is 335 g/mol. The van der Waals surface area contributed by atoms with Gasteiger partial charge >= 0.3 is 12.0 Å². The largest absolute Gasteiger partial charge is 0.477 e. The highest BCUT2D eigenvalue weighted by molar-refractivity contribution is 7.90. The van der Waals surface area contributed by atoms with Crippen LogP contribution in [0, 0.1) is 6.92 Å². The Morgan fingerprint density at radius 1 is 1.43 bits per heavy atom. The summed E-state index contributed by atoms with van der Waals surface area (Å²) in [5, 5.41) is 14.4. The molecule has 1 atom stereocenters. The Morgan fingerprint density at radius 3 is 2.52 bits per heavy atom. The van der Waals surface area contributed by atoms with Crippen LogP contribution in [-0.4, -0.2) is 48.6 Å². The van der Waals surface area contributed by atoms with E-state index in [0.29, 0.717) is 10.7 Å². The summed E-state index contributed by atoms with van der Waals surface area (Å²) in [4.78, 5) is 26.6. The van der Waals surface area contributed by atoms with E-state index in [1.165, 1.54) is 0 Å². The lowest BCUT2D eigenvalue weighted by Crippen LogP contribution is -2.43. The number of nitrogens with zero attached hydrogens (tertiary/aromatic N) is 1. The minimum Gasteiger partial charge on any atom is -0.477 e. The fraction of sp³-hybridized carbons (Fsp3) is 0.545. The third-order valence-electron chi connectivity index (χ3n) is 2.37. The summed E-state index contributed by atoms with van der Waals surface area (Å²) in [6, 6.07) is -1.05. The molecule has 2 amide bonds. The third-order valence-corrected chi connectivity index (χ3v) is 4.62. The highest BCUT2D eigenvalue weighted by Crippen LogP contribution is 2.17. The molecule has 21 heavy (non-hydrogen) atoms. The van der Waals surface area contributed by atoms with Crippen LogP contribution in [-0.2, 0) is 16.4 Å². The molecule has 1 rings (SSSR count). The molecule has 0 bridgehead atoms. The fourth-order valence-electron chi connectivity index (χ4n) is 1.65. The van der Waals surface area contributed by atoms with Gasteiger partial charge in [-0.1, -0.05) is 0 Å². The van der Waals surface area contributed by atoms with Gasteiger partial charge < -0.3 is 15.7 Å². The van der Waals surface area contributed by atoms with E-state index >= 15 is 0 Å². The SMILES string of the molecule is Cc1nc(CNC(=O)NC(C)CS(C)(=O)=O)sc1C(=O)O. The highest BCUT2D eigenvalue weighted by Gasteiger charge is 2.16. The number of urea groups is 1. The quantitative estimate of drug-likeness (QED) is 0.690. The van der Waals surface area contributed by atoms with Crippen molar-refractivity contribution in [2.24, 2.45) is 0 Å². The van der Waals surface area contributed by atoms with Crippen molar-refractivity contribution in [3.8, 4) is 0 Å². The average Bonchev–Trinajstić information content (AvgIpc) is 2.65. The molecule has 0 saturated heterocycles. The lowest BCUT2D eigenvalue weighted by atomic mass is 10.4. The van der Waals surface area contributed by atoms with Crippen LogP contribution in [0.15, 0.2) is 0 Å². The maximum Gasteiger partial charge on any atom is 0.347 e. The number of rotatable bonds is 6. The van der Waals surface area contributed by atoms with Crippen LogP contribution in [0.5, 0.6) is 0 Å². The molecule has 10 heteroatoms. The van der Waals surface area contributed by atoms with E-state index in [-0.39, 0.29) is 17.2 Å². The molecule has 0 spiro atoms. The standard InChI is InChI=1S/C11H17N3O5S2/c1-6(5-21(3,18)19)13-11(17)12-4-8-14-7(2)9(20-8)10(15)16/h6H,4-5H2,1-3H3,(H,15,16)(H2,12,13,17). The molecule has 0 fully saturated rings. The van der Waals surface area contributed by atoms with E-state index in [4.69, 9.17) is 5.11 Å². The van der Waals surface area contributed by atoms with E-state index in [2.05, 4.69) is 15.6 Å². The van der Waals surface area contributed by atoms with Gasteiger partial charge in [-0.25, -0.2) is 23.0 Å². The van der Waals surface area contributed by atoms with E-state index < -0.39 is 27.9 Å². The first-order valence-corrected chi connectivity index (χ1v) is 8.88. The van der Waals surface area contributed by atoms with Crippen molar-refractivity contribution in [2.45, 2.75) is 26.4 Å². The first kappa shape index (κ1) is 17.4. The molecule has 118 valence electrons. The number of aromatic carboxylic acids is 1. The van der Waals surface area contributed by atoms with Crippen LogP contribution in [0.4, 0.5) is 4.79 Å². The van der Waals surface area contributed by atoms with Crippen molar-refractivity contribution in [1.82, 2.24) is 15.6 Å². The zero-order chi connectivity index (χ0) is 16.2. The van der Waals surface area contributed by atoms with Crippen molar-refractivity contribution in [3.05, 3.63) is 15.6 Å². The van der Waals surface area contributed by atoms with Crippen LogP contribution in [0.25, 0.3) is 0 Å². The number of aromatic nitrogens is 1. The van der Waals surface area contributed by atoms with Gasteiger partial charge in [0.05, 0.1) is 18.0 Å². The maximum absolute atomic E-state index is 11.6. The minimum absolute atomic E-state index is 0.0796. The van der Waals surface area contributed by atoms with Crippen molar-refractivity contribution >= 4 is 33.2 Å². The molecule has 1 unspecified atom stereocenters. The van der Waals surface area contributed by atoms with Gasteiger partial charge in [0.25, 0.3) is 0 Å². The Morgan fingerprint density at radius 2 is 2.05 bits per heavy atom. The van der Waals surface area contributed by atoms with Crippen LogP contribution >= 0.6 is 11.3 Å². The van der Waals surface area contributed by atoms with Crippen molar-refractivity contribution in [2.75, 3.05) is 12.0 Å². The number of thiazole rings is 1. The predicted octanol–water partition coefficient (Wildman–Crippen LogP) is 0.382. The van der Waals surface area contributed by atoms with Gasteiger partial charge in [-0.15, -0.1) is 11.3 Å². The Hall–Kier alpha value is -1.68. The number of amides is 2. The van der Waals surface area contributed by atoms with Gasteiger partial charge in [-0.3, -0.25) is 0 Å². The van der Waals surface area contributed by atoms with E-state index in [9.17, 15) is 18.0 Å². The molecule has 1 heterocycles. The number of nitrogens with one attached hydrogen (secondary N) is 2.